The standard InChI is InChI=1S/C38H40Cl2FN9O2/c1-38(2,3)49-11-9-27(10-12-49)50-21-33(46-47-50)35(22-5-4-6-23(13-22)37(52)48-19-28(51)20-48)45-26-14-29-34(44-25-7-8-32(41)30(39)15-25)24(17-42)18-43-36(29)31(40)16-26/h4-8,13-16,18,21,27-28,35,45-47,51H,9-12,19-20H2,1-3H3,(H,43,44)/t35-/m0/s1. The van der Waals surface area contributed by atoms with Crippen molar-refractivity contribution in [3.63, 3.8) is 0 Å². The summed E-state index contributed by atoms with van der Waals surface area (Å²) < 4.78 is 14.0. The lowest BCUT2D eigenvalue weighted by Crippen LogP contribution is -2.53. The first-order valence-electron chi connectivity index (χ1n) is 17.2. The number of likely N-dealkylation sites (tertiary alicyclic amines) is 2. The van der Waals surface area contributed by atoms with Crippen LogP contribution in [0, 0.1) is 17.1 Å². The number of anilines is 3. The number of fused-ring (bicyclic) bond motifs is 1. The van der Waals surface area contributed by atoms with Gasteiger partial charge < -0.3 is 26.1 Å². The maximum absolute atomic E-state index is 14.0. The molecule has 1 atom stereocenters. The van der Waals surface area contributed by atoms with Gasteiger partial charge in [-0.1, -0.05) is 35.3 Å². The predicted octanol–water partition coefficient (Wildman–Crippen LogP) is 6.69. The first-order chi connectivity index (χ1) is 24.9. The van der Waals surface area contributed by atoms with Crippen molar-refractivity contribution in [2.24, 2.45) is 0 Å². The molecule has 3 aliphatic heterocycles. The number of hydrogen-bond acceptors (Lipinski definition) is 10. The summed E-state index contributed by atoms with van der Waals surface area (Å²) in [6, 6.07) is 17.3. The minimum Gasteiger partial charge on any atom is -0.389 e. The number of nitrogens with one attached hydrogen (secondary N) is 4. The Kier molecular flexibility index (Phi) is 9.91. The van der Waals surface area contributed by atoms with Crippen molar-refractivity contribution in [1.29, 1.82) is 5.26 Å². The van der Waals surface area contributed by atoms with Crippen molar-refractivity contribution < 1.29 is 14.3 Å². The van der Waals surface area contributed by atoms with Gasteiger partial charge in [0.2, 0.25) is 0 Å². The van der Waals surface area contributed by atoms with Gasteiger partial charge in [-0.2, -0.15) is 5.26 Å². The summed E-state index contributed by atoms with van der Waals surface area (Å²) in [4.78, 5) is 21.9. The molecule has 0 radical (unpaired) electrons. The van der Waals surface area contributed by atoms with E-state index in [9.17, 15) is 19.6 Å². The highest BCUT2D eigenvalue weighted by atomic mass is 35.5. The molecule has 3 aliphatic rings. The van der Waals surface area contributed by atoms with E-state index in [1.54, 1.807) is 17.0 Å². The summed E-state index contributed by atoms with van der Waals surface area (Å²) in [5.41, 5.74) is 11.3. The van der Waals surface area contributed by atoms with Crippen LogP contribution in [-0.2, 0) is 0 Å². The van der Waals surface area contributed by atoms with Crippen molar-refractivity contribution in [3.05, 3.63) is 105 Å². The average molecular weight is 745 g/mol. The number of halogens is 3. The van der Waals surface area contributed by atoms with E-state index in [0.29, 0.717) is 51.6 Å². The molecule has 0 bridgehead atoms. The van der Waals surface area contributed by atoms with Crippen molar-refractivity contribution in [3.8, 4) is 6.07 Å². The molecule has 270 valence electrons. The number of hydrazine groups is 2. The largest absolute Gasteiger partial charge is 0.389 e. The molecule has 52 heavy (non-hydrogen) atoms. The number of rotatable bonds is 8. The molecule has 14 heteroatoms. The molecule has 4 heterocycles. The number of amides is 1. The fourth-order valence-corrected chi connectivity index (χ4v) is 7.39. The Bertz CT molecular complexity index is 2090. The number of aliphatic hydroxyl groups is 1. The summed E-state index contributed by atoms with van der Waals surface area (Å²) >= 11 is 12.9. The molecule has 11 nitrogen and oxygen atoms in total. The van der Waals surface area contributed by atoms with E-state index < -0.39 is 18.0 Å². The number of hydrogen-bond donors (Lipinski definition) is 5. The zero-order chi connectivity index (χ0) is 36.7. The highest BCUT2D eigenvalue weighted by Gasteiger charge is 2.33. The van der Waals surface area contributed by atoms with Crippen molar-refractivity contribution >= 4 is 57.1 Å². The van der Waals surface area contributed by atoms with Crippen LogP contribution in [0.3, 0.4) is 0 Å². The van der Waals surface area contributed by atoms with Crippen molar-refractivity contribution in [2.45, 2.75) is 57.3 Å². The Morgan fingerprint density at radius 2 is 1.83 bits per heavy atom. The number of aromatic nitrogens is 1. The van der Waals surface area contributed by atoms with E-state index in [2.05, 4.69) is 69.5 Å². The summed E-state index contributed by atoms with van der Waals surface area (Å²) in [7, 11) is 0. The molecule has 1 amide bonds. The van der Waals surface area contributed by atoms with Gasteiger partial charge in [-0.25, -0.2) is 4.39 Å². The minimum absolute atomic E-state index is 0.0594. The van der Waals surface area contributed by atoms with Gasteiger partial charge in [0.15, 0.2) is 0 Å². The van der Waals surface area contributed by atoms with Gasteiger partial charge in [0.1, 0.15) is 11.9 Å². The molecule has 0 unspecified atom stereocenters. The van der Waals surface area contributed by atoms with Crippen LogP contribution in [0.1, 0.15) is 61.1 Å². The Hall–Kier alpha value is -4.64. The molecule has 0 spiro atoms. The Morgan fingerprint density at radius 3 is 2.52 bits per heavy atom. The number of aliphatic hydroxyl groups excluding tert-OH is 1. The topological polar surface area (TPSA) is 132 Å². The molecular formula is C38H40Cl2FN9O2. The van der Waals surface area contributed by atoms with E-state index in [4.69, 9.17) is 23.2 Å². The van der Waals surface area contributed by atoms with Gasteiger partial charge in [-0.05, 0) is 81.6 Å². The molecule has 4 aromatic rings. The van der Waals surface area contributed by atoms with Gasteiger partial charge in [0, 0.05) is 72.5 Å². The van der Waals surface area contributed by atoms with Gasteiger partial charge >= 0.3 is 0 Å². The molecule has 5 N–H and O–H groups in total. The van der Waals surface area contributed by atoms with Crippen LogP contribution in [-0.4, -0.2) is 74.7 Å². The lowest BCUT2D eigenvalue weighted by atomic mass is 9.97. The average Bonchev–Trinajstić information content (AvgIpc) is 3.61. The number of carbonyl (C=O) groups is 1. The van der Waals surface area contributed by atoms with Crippen LogP contribution >= 0.6 is 23.2 Å². The molecule has 2 saturated heterocycles. The molecule has 0 aliphatic carbocycles. The maximum Gasteiger partial charge on any atom is 0.254 e. The van der Waals surface area contributed by atoms with Crippen LogP contribution < -0.4 is 21.6 Å². The number of nitriles is 1. The Balaban J connectivity index is 1.25. The van der Waals surface area contributed by atoms with Gasteiger partial charge in [-0.3, -0.25) is 19.7 Å². The Labute approximate surface area is 311 Å². The highest BCUT2D eigenvalue weighted by molar-refractivity contribution is 6.36. The fraction of sp³-hybridized carbons (Fsp3) is 0.342. The molecule has 1 aromatic heterocycles. The molecule has 2 fully saturated rings. The fourth-order valence-electron chi connectivity index (χ4n) is 6.94. The number of pyridine rings is 1. The number of piperidine rings is 1. The van der Waals surface area contributed by atoms with Gasteiger partial charge in [0.25, 0.3) is 5.91 Å². The molecular weight excluding hydrogens is 704 g/mol. The highest BCUT2D eigenvalue weighted by Crippen LogP contribution is 2.38. The van der Waals surface area contributed by atoms with E-state index >= 15 is 0 Å². The lowest BCUT2D eigenvalue weighted by Gasteiger charge is -2.42. The van der Waals surface area contributed by atoms with Crippen LogP contribution in [0.5, 0.6) is 0 Å². The zero-order valence-electron chi connectivity index (χ0n) is 29.1. The third-order valence-corrected chi connectivity index (χ3v) is 10.5. The second-order valence-corrected chi connectivity index (χ2v) is 15.3. The number of β-amino-alcohol motifs (C(OH)–C–C–N with tert-alkyl or cyclic N) is 1. The van der Waals surface area contributed by atoms with Gasteiger partial charge in [0.05, 0.1) is 44.7 Å². The number of benzene rings is 3. The SMILES string of the molecule is CC(C)(C)N1CCC(N2C=C([C@@H](Nc3cc(Cl)c4ncc(C#N)c(Nc5ccc(F)c(Cl)c5)c4c3)c3cccc(C(=O)N4CC(O)C4)c3)NN2)CC1. The van der Waals surface area contributed by atoms with Crippen LogP contribution in [0.15, 0.2) is 72.7 Å². The summed E-state index contributed by atoms with van der Waals surface area (Å²) in [5.74, 6) is -0.704. The van der Waals surface area contributed by atoms with E-state index in [1.807, 2.05) is 24.3 Å². The summed E-state index contributed by atoms with van der Waals surface area (Å²) in [6.45, 7) is 9.32. The summed E-state index contributed by atoms with van der Waals surface area (Å²) in [5, 5.41) is 29.7. The van der Waals surface area contributed by atoms with E-state index in [-0.39, 0.29) is 28.1 Å². The normalized spacial score (nSPS) is 17.7. The first-order valence-corrected chi connectivity index (χ1v) is 18.0. The predicted molar refractivity (Wildman–Crippen MR) is 201 cm³/mol. The smallest absolute Gasteiger partial charge is 0.254 e. The molecule has 7 rings (SSSR count). The Morgan fingerprint density at radius 1 is 1.08 bits per heavy atom. The van der Waals surface area contributed by atoms with Crippen LogP contribution in [0.4, 0.5) is 21.5 Å². The monoisotopic (exact) mass is 743 g/mol. The second-order valence-electron chi connectivity index (χ2n) is 14.5. The third kappa shape index (κ3) is 7.33. The third-order valence-electron chi connectivity index (χ3n) is 9.89. The quantitative estimate of drug-likeness (QED) is 0.133. The molecule has 0 saturated carbocycles. The van der Waals surface area contributed by atoms with Crippen LogP contribution in [0.2, 0.25) is 10.0 Å². The van der Waals surface area contributed by atoms with Gasteiger partial charge in [-0.15, -0.1) is 5.53 Å². The van der Waals surface area contributed by atoms with E-state index in [1.165, 1.54) is 24.4 Å². The van der Waals surface area contributed by atoms with Crippen molar-refractivity contribution in [2.75, 3.05) is 36.8 Å². The van der Waals surface area contributed by atoms with Crippen LogP contribution in [0.25, 0.3) is 10.9 Å². The van der Waals surface area contributed by atoms with Crippen molar-refractivity contribution in [1.82, 2.24) is 30.8 Å². The lowest BCUT2D eigenvalue weighted by molar-refractivity contribution is 0.00589. The molecule has 3 aromatic carbocycles. The minimum atomic E-state index is -0.556. The maximum atomic E-state index is 14.0. The summed E-state index contributed by atoms with van der Waals surface area (Å²) in [6.07, 6.45) is 4.98. The zero-order valence-corrected chi connectivity index (χ0v) is 30.6. The number of nitrogens with zero attached hydrogens (tertiary/aromatic N) is 5. The second kappa shape index (κ2) is 14.4. The number of carbonyl (C=O) groups excluding carboxylic acids is 1. The first kappa shape index (κ1) is 35.7. The van der Waals surface area contributed by atoms with E-state index in [0.717, 1.165) is 37.2 Å².